The van der Waals surface area contributed by atoms with E-state index in [0.29, 0.717) is 23.7 Å². The Morgan fingerprint density at radius 2 is 1.81 bits per heavy atom. The molecule has 2 fully saturated rings. The Kier molecular flexibility index (Phi) is 7.68. The molecule has 0 radical (unpaired) electrons. The average Bonchev–Trinajstić information content (AvgIpc) is 3.36. The van der Waals surface area contributed by atoms with Crippen molar-refractivity contribution in [1.82, 2.24) is 29.7 Å². The fourth-order valence-corrected chi connectivity index (χ4v) is 5.28. The predicted octanol–water partition coefficient (Wildman–Crippen LogP) is 4.83. The van der Waals surface area contributed by atoms with Crippen LogP contribution in [0.3, 0.4) is 0 Å². The minimum Gasteiger partial charge on any atom is -0.460 e. The molecule has 1 saturated heterocycles. The van der Waals surface area contributed by atoms with Crippen LogP contribution in [0.2, 0.25) is 0 Å². The van der Waals surface area contributed by atoms with Crippen LogP contribution >= 0.6 is 11.3 Å². The summed E-state index contributed by atoms with van der Waals surface area (Å²) < 4.78 is 32.6. The monoisotopic (exact) mass is 515 g/mol. The van der Waals surface area contributed by atoms with Crippen LogP contribution in [-0.4, -0.2) is 74.5 Å². The Bertz CT molecular complexity index is 1130. The number of piperazine rings is 1. The van der Waals surface area contributed by atoms with Gasteiger partial charge in [0.2, 0.25) is 5.92 Å². The van der Waals surface area contributed by atoms with Crippen LogP contribution in [0.25, 0.3) is 10.6 Å². The minimum absolute atomic E-state index is 0.161. The number of rotatable bonds is 8. The van der Waals surface area contributed by atoms with Crippen LogP contribution in [0.4, 0.5) is 19.7 Å². The molecule has 0 spiro atoms. The maximum absolute atomic E-state index is 13.4. The smallest absolute Gasteiger partial charge is 0.317 e. The first-order valence-electron chi connectivity index (χ1n) is 12.5. The number of halogens is 2. The van der Waals surface area contributed by atoms with Crippen molar-refractivity contribution in [2.24, 2.45) is 0 Å². The lowest BCUT2D eigenvalue weighted by Gasteiger charge is -2.33. The van der Waals surface area contributed by atoms with Gasteiger partial charge in [0.15, 0.2) is 5.13 Å². The van der Waals surface area contributed by atoms with Crippen LogP contribution in [0.5, 0.6) is 6.01 Å². The van der Waals surface area contributed by atoms with Crippen molar-refractivity contribution in [2.75, 3.05) is 38.0 Å². The van der Waals surface area contributed by atoms with Gasteiger partial charge in [-0.25, -0.2) is 23.7 Å². The van der Waals surface area contributed by atoms with Gasteiger partial charge in [0.25, 0.3) is 0 Å². The molecule has 0 bridgehead atoms. The van der Waals surface area contributed by atoms with Gasteiger partial charge in [-0.3, -0.25) is 4.90 Å². The molecule has 0 unspecified atom stereocenters. The van der Waals surface area contributed by atoms with Gasteiger partial charge in [-0.05, 0) is 37.1 Å². The number of nitrogens with one attached hydrogen (secondary N) is 1. The quantitative estimate of drug-likeness (QED) is 0.457. The third kappa shape index (κ3) is 6.51. The molecular weight excluding hydrogens is 484 g/mol. The summed E-state index contributed by atoms with van der Waals surface area (Å²) in [7, 11) is 0. The first-order valence-corrected chi connectivity index (χ1v) is 13.3. The number of hydrogen-bond donors (Lipinski definition) is 1. The first kappa shape index (κ1) is 24.9. The summed E-state index contributed by atoms with van der Waals surface area (Å²) in [4.78, 5) is 23.4. The molecule has 0 aromatic carbocycles. The van der Waals surface area contributed by atoms with Gasteiger partial charge in [0.1, 0.15) is 11.9 Å². The molecule has 0 atom stereocenters. The minimum atomic E-state index is -2.59. The molecule has 3 aromatic heterocycles. The normalized spacial score (nSPS) is 19.3. The summed E-state index contributed by atoms with van der Waals surface area (Å²) in [5.74, 6) is -1.86. The van der Waals surface area contributed by atoms with Crippen molar-refractivity contribution in [3.8, 4) is 16.6 Å². The van der Waals surface area contributed by atoms with E-state index in [-0.39, 0.29) is 25.0 Å². The summed E-state index contributed by atoms with van der Waals surface area (Å²) in [5, 5.41) is 3.96. The van der Waals surface area contributed by atoms with Crippen molar-refractivity contribution < 1.29 is 13.5 Å². The highest BCUT2D eigenvalue weighted by Crippen LogP contribution is 2.35. The third-order valence-corrected chi connectivity index (χ3v) is 7.64. The molecule has 1 aliphatic carbocycles. The molecule has 1 N–H and O–H groups in total. The van der Waals surface area contributed by atoms with E-state index in [1.165, 1.54) is 16.9 Å². The lowest BCUT2D eigenvalue weighted by atomic mass is 9.94. The molecule has 8 nitrogen and oxygen atoms in total. The molecule has 192 valence electrons. The lowest BCUT2D eigenvalue weighted by molar-refractivity contribution is -0.0594. The highest BCUT2D eigenvalue weighted by atomic mass is 32.1. The van der Waals surface area contributed by atoms with Gasteiger partial charge in [-0.1, -0.05) is 24.3 Å². The second-order valence-electron chi connectivity index (χ2n) is 9.31. The molecule has 1 saturated carbocycles. The number of aromatic nitrogens is 4. The van der Waals surface area contributed by atoms with Gasteiger partial charge in [-0.15, -0.1) is 0 Å². The Hall–Kier alpha value is -2.76. The van der Waals surface area contributed by atoms with Crippen molar-refractivity contribution in [3.63, 3.8) is 0 Å². The molecule has 5 rings (SSSR count). The molecule has 3 aromatic rings. The molecule has 36 heavy (non-hydrogen) atoms. The van der Waals surface area contributed by atoms with Crippen molar-refractivity contribution >= 4 is 22.3 Å². The summed E-state index contributed by atoms with van der Waals surface area (Å²) >= 11 is 1.45. The maximum atomic E-state index is 13.4. The van der Waals surface area contributed by atoms with E-state index < -0.39 is 5.92 Å². The zero-order valence-corrected chi connectivity index (χ0v) is 21.2. The first-order chi connectivity index (χ1) is 17.5. The van der Waals surface area contributed by atoms with E-state index in [1.807, 2.05) is 12.3 Å². The van der Waals surface area contributed by atoms with E-state index in [1.54, 1.807) is 18.5 Å². The van der Waals surface area contributed by atoms with E-state index in [4.69, 9.17) is 4.74 Å². The number of nitrogens with zero attached hydrogens (tertiary/aromatic N) is 6. The second-order valence-corrected chi connectivity index (χ2v) is 10.3. The zero-order valence-electron chi connectivity index (χ0n) is 20.4. The number of ether oxygens (including phenoxy) is 1. The summed E-state index contributed by atoms with van der Waals surface area (Å²) in [6.07, 6.45) is 5.27. The largest absolute Gasteiger partial charge is 0.460 e. The molecule has 4 heterocycles. The fourth-order valence-electron chi connectivity index (χ4n) is 4.49. The van der Waals surface area contributed by atoms with E-state index in [2.05, 4.69) is 48.0 Å². The SMILES string of the molecule is CCN1CCN(Cc2ccc(Nc3ncc(-c4ccnc(OC5CCC(F)(F)CC5)n4)s3)nc2)CC1. The van der Waals surface area contributed by atoms with Gasteiger partial charge < -0.3 is 15.0 Å². The van der Waals surface area contributed by atoms with Crippen LogP contribution < -0.4 is 10.1 Å². The predicted molar refractivity (Wildman–Crippen MR) is 136 cm³/mol. The third-order valence-electron chi connectivity index (χ3n) is 6.71. The molecule has 1 aliphatic heterocycles. The molecule has 11 heteroatoms. The van der Waals surface area contributed by atoms with Gasteiger partial charge in [0.05, 0.1) is 10.6 Å². The number of pyridine rings is 1. The Labute approximate surface area is 213 Å². The standard InChI is InChI=1S/C25H31F2N7OS/c1-2-33-11-13-34(14-12-33)17-18-3-4-22(29-15-18)32-24-30-16-21(36-24)20-7-10-28-23(31-20)35-19-5-8-25(26,27)9-6-19/h3-4,7,10,15-16,19H,2,5-6,8-9,11-14,17H2,1H3,(H,29,30,32). The van der Waals surface area contributed by atoms with E-state index in [0.717, 1.165) is 50.0 Å². The van der Waals surface area contributed by atoms with Gasteiger partial charge in [-0.2, -0.15) is 4.98 Å². The Balaban J connectivity index is 1.15. The maximum Gasteiger partial charge on any atom is 0.317 e. The topological polar surface area (TPSA) is 79.3 Å². The van der Waals surface area contributed by atoms with E-state index in [9.17, 15) is 8.78 Å². The number of thiazole rings is 1. The fraction of sp³-hybridized carbons (Fsp3) is 0.520. The highest BCUT2D eigenvalue weighted by molar-refractivity contribution is 7.18. The zero-order chi connectivity index (χ0) is 25.0. The lowest BCUT2D eigenvalue weighted by Crippen LogP contribution is -2.45. The Morgan fingerprint density at radius 3 is 2.53 bits per heavy atom. The van der Waals surface area contributed by atoms with Crippen LogP contribution in [-0.2, 0) is 6.54 Å². The summed E-state index contributed by atoms with van der Waals surface area (Å²) in [5.41, 5.74) is 1.87. The average molecular weight is 516 g/mol. The van der Waals surface area contributed by atoms with Gasteiger partial charge in [0, 0.05) is 64.2 Å². The van der Waals surface area contributed by atoms with Gasteiger partial charge >= 0.3 is 6.01 Å². The Morgan fingerprint density at radius 1 is 1.03 bits per heavy atom. The van der Waals surface area contributed by atoms with Crippen LogP contribution in [0, 0.1) is 0 Å². The van der Waals surface area contributed by atoms with E-state index >= 15 is 0 Å². The number of anilines is 2. The number of likely N-dealkylation sites (N-methyl/N-ethyl adjacent to an activating group) is 1. The number of alkyl halides is 2. The van der Waals surface area contributed by atoms with Crippen molar-refractivity contribution in [1.29, 1.82) is 0 Å². The molecular formula is C25H31F2N7OS. The highest BCUT2D eigenvalue weighted by Gasteiger charge is 2.36. The second kappa shape index (κ2) is 11.1. The van der Waals surface area contributed by atoms with Crippen molar-refractivity contribution in [2.45, 2.75) is 51.2 Å². The molecule has 0 amide bonds. The van der Waals surface area contributed by atoms with Crippen molar-refractivity contribution in [3.05, 3.63) is 42.4 Å². The molecule has 2 aliphatic rings. The number of hydrogen-bond acceptors (Lipinski definition) is 9. The van der Waals surface area contributed by atoms with Crippen LogP contribution in [0.1, 0.15) is 38.2 Å². The van der Waals surface area contributed by atoms with Crippen LogP contribution in [0.15, 0.2) is 36.8 Å². The summed E-state index contributed by atoms with van der Waals surface area (Å²) in [6.45, 7) is 8.65. The summed E-state index contributed by atoms with van der Waals surface area (Å²) in [6, 6.07) is 6.07.